The van der Waals surface area contributed by atoms with E-state index < -0.39 is 24.2 Å². The molecule has 0 saturated carbocycles. The van der Waals surface area contributed by atoms with Gasteiger partial charge in [0.25, 0.3) is 0 Å². The third-order valence-electron chi connectivity index (χ3n) is 7.58. The molecule has 1 N–H and O–H groups in total. The molecule has 5 heteroatoms. The molecule has 0 heterocycles. The van der Waals surface area contributed by atoms with Crippen LogP contribution < -0.4 is 31.8 Å². The average molecular weight is 683 g/mol. The minimum absolute atomic E-state index is 1.19. The summed E-state index contributed by atoms with van der Waals surface area (Å²) in [7, 11) is 8.53. The Labute approximate surface area is 250 Å². The summed E-state index contributed by atoms with van der Waals surface area (Å²) in [6.45, 7) is 0. The first-order valence-corrected chi connectivity index (χ1v) is 24.6. The Morgan fingerprint density at radius 2 is 0.463 bits per heavy atom. The molecule has 0 unspecified atom stereocenters. The van der Waals surface area contributed by atoms with Gasteiger partial charge in [0.15, 0.2) is 0 Å². The molecule has 212 valence electrons. The SMILES string of the molecule is [NH]=[Pd-3]([Cl])([PH](c1ccccc1)(c1ccccc1)c1ccccc1)[PH](c1ccccc1)(c1ccccc1)c1ccccc1. The summed E-state index contributed by atoms with van der Waals surface area (Å²) in [5, 5.41) is 7.16. The molecular weight excluding hydrogens is 650 g/mol. The normalized spacial score (nSPS) is 14.9. The summed E-state index contributed by atoms with van der Waals surface area (Å²) in [5.74, 6) is 0. The quantitative estimate of drug-likeness (QED) is 0.128. The van der Waals surface area contributed by atoms with E-state index in [1.165, 1.54) is 31.8 Å². The van der Waals surface area contributed by atoms with E-state index in [-0.39, 0.29) is 0 Å². The summed E-state index contributed by atoms with van der Waals surface area (Å²) < 4.78 is 11.2. The van der Waals surface area contributed by atoms with E-state index in [1.807, 2.05) is 0 Å². The maximum absolute atomic E-state index is 11.2. The summed E-state index contributed by atoms with van der Waals surface area (Å²) >= 11 is -3.89. The summed E-state index contributed by atoms with van der Waals surface area (Å²) in [6, 6.07) is 64.5. The fourth-order valence-electron chi connectivity index (χ4n) is 5.88. The van der Waals surface area contributed by atoms with Crippen LogP contribution in [0.1, 0.15) is 0 Å². The topological polar surface area (TPSA) is 23.9 Å². The molecule has 0 aliphatic heterocycles. The number of benzene rings is 6. The Balaban J connectivity index is 1.87. The van der Waals surface area contributed by atoms with Gasteiger partial charge in [-0.1, -0.05) is 0 Å². The molecule has 6 aromatic rings. The van der Waals surface area contributed by atoms with E-state index in [0.29, 0.717) is 0 Å². The molecule has 1 nitrogen and oxygen atoms in total. The van der Waals surface area contributed by atoms with E-state index in [2.05, 4.69) is 182 Å². The zero-order valence-electron chi connectivity index (χ0n) is 22.5. The molecule has 0 aliphatic rings. The third kappa shape index (κ3) is 4.60. The molecule has 0 aromatic heterocycles. The van der Waals surface area contributed by atoms with Gasteiger partial charge >= 0.3 is 252 Å². The van der Waals surface area contributed by atoms with Crippen molar-refractivity contribution in [3.05, 3.63) is 182 Å². The molecular formula is C36H33ClNP2Pd-3. The molecule has 6 aromatic carbocycles. The fourth-order valence-corrected chi connectivity index (χ4v) is 55.3. The Bertz CT molecular complexity index is 1430. The van der Waals surface area contributed by atoms with Gasteiger partial charge in [0, 0.05) is 0 Å². The van der Waals surface area contributed by atoms with E-state index in [4.69, 9.17) is 9.53 Å². The maximum atomic E-state index is 11.2. The molecule has 0 aliphatic carbocycles. The monoisotopic (exact) mass is 682 g/mol. The zero-order valence-corrected chi connectivity index (χ0v) is 26.8. The van der Waals surface area contributed by atoms with Crippen LogP contribution >= 0.6 is 20.4 Å². The van der Waals surface area contributed by atoms with Crippen LogP contribution in [0, 0.1) is 3.99 Å². The summed E-state index contributed by atoms with van der Waals surface area (Å²) in [5.41, 5.74) is -6.38. The predicted octanol–water partition coefficient (Wildman–Crippen LogP) is 7.34. The molecule has 0 spiro atoms. The molecule has 0 fully saturated rings. The van der Waals surface area contributed by atoms with Crippen molar-refractivity contribution in [2.24, 2.45) is 0 Å². The first-order valence-electron chi connectivity index (χ1n) is 13.6. The molecule has 0 bridgehead atoms. The molecule has 0 saturated heterocycles. The number of halogens is 1. The Kier molecular flexibility index (Phi) is 8.24. The van der Waals surface area contributed by atoms with Gasteiger partial charge in [-0.15, -0.1) is 0 Å². The van der Waals surface area contributed by atoms with Crippen LogP contribution in [0.4, 0.5) is 0 Å². The van der Waals surface area contributed by atoms with Crippen LogP contribution in [-0.2, 0) is 13.3 Å². The van der Waals surface area contributed by atoms with Crippen molar-refractivity contribution in [2.75, 3.05) is 0 Å². The zero-order chi connectivity index (χ0) is 28.2. The Hall–Kier alpha value is -3.07. The van der Waals surface area contributed by atoms with E-state index in [1.54, 1.807) is 0 Å². The van der Waals surface area contributed by atoms with Crippen molar-refractivity contribution in [3.63, 3.8) is 0 Å². The van der Waals surface area contributed by atoms with Gasteiger partial charge < -0.3 is 0 Å². The minimum atomic E-state index is -3.89. The van der Waals surface area contributed by atoms with Crippen LogP contribution in [0.15, 0.2) is 182 Å². The van der Waals surface area contributed by atoms with Crippen LogP contribution in [0.5, 0.6) is 0 Å². The first kappa shape index (κ1) is 28.1. The second kappa shape index (κ2) is 12.0. The summed E-state index contributed by atoms with van der Waals surface area (Å²) in [6.07, 6.45) is 0. The first-order chi connectivity index (χ1) is 20.1. The number of hydrogen-bond acceptors (Lipinski definition) is 1. The van der Waals surface area contributed by atoms with Crippen molar-refractivity contribution in [3.8, 4) is 0 Å². The number of hydrogen-bond donors (Lipinski definition) is 1. The molecule has 0 amide bonds. The van der Waals surface area contributed by atoms with Gasteiger partial charge in [-0.05, 0) is 0 Å². The van der Waals surface area contributed by atoms with Gasteiger partial charge in [0.05, 0.1) is 0 Å². The third-order valence-corrected chi connectivity index (χ3v) is 47.9. The molecule has 6 rings (SSSR count). The van der Waals surface area contributed by atoms with Crippen molar-refractivity contribution in [1.82, 2.24) is 0 Å². The van der Waals surface area contributed by atoms with Crippen molar-refractivity contribution in [1.29, 1.82) is 3.99 Å². The van der Waals surface area contributed by atoms with Crippen molar-refractivity contribution >= 4 is 52.3 Å². The van der Waals surface area contributed by atoms with E-state index in [0.717, 1.165) is 0 Å². The van der Waals surface area contributed by atoms with Crippen LogP contribution in [-0.4, -0.2) is 0 Å². The number of nitrogens with one attached hydrogen (secondary N) is 1. The predicted molar refractivity (Wildman–Crippen MR) is 182 cm³/mol. The summed E-state index contributed by atoms with van der Waals surface area (Å²) in [4.78, 5) is 0. The van der Waals surface area contributed by atoms with Gasteiger partial charge in [0.1, 0.15) is 0 Å². The van der Waals surface area contributed by atoms with E-state index >= 15 is 0 Å². The molecule has 0 radical (unpaired) electrons. The molecule has 41 heavy (non-hydrogen) atoms. The second-order valence-corrected chi connectivity index (χ2v) is 36.8. The van der Waals surface area contributed by atoms with Crippen LogP contribution in [0.3, 0.4) is 0 Å². The van der Waals surface area contributed by atoms with Crippen LogP contribution in [0.25, 0.3) is 0 Å². The van der Waals surface area contributed by atoms with E-state index in [9.17, 15) is 3.99 Å². The van der Waals surface area contributed by atoms with Gasteiger partial charge in [-0.3, -0.25) is 0 Å². The number of rotatable bonds is 8. The second-order valence-electron chi connectivity index (χ2n) is 9.84. The van der Waals surface area contributed by atoms with Gasteiger partial charge in [0.2, 0.25) is 0 Å². The standard InChI is InChI=1S/2C18H15P.ClH.HN.Pd/c2*1-4-10-16(11-5-1)19(17-12-6-2-7-13-17)18-14-8-3-9-15-18;;;/h2*1-15H;2*1H;/q;;;;-4/p+1. The Morgan fingerprint density at radius 1 is 0.317 bits per heavy atom. The fraction of sp³-hybridized carbons (Fsp3) is 0. The van der Waals surface area contributed by atoms with Crippen LogP contribution in [0.2, 0.25) is 0 Å². The van der Waals surface area contributed by atoms with Gasteiger partial charge in [-0.2, -0.15) is 0 Å². The van der Waals surface area contributed by atoms with Gasteiger partial charge in [-0.25, -0.2) is 0 Å². The Morgan fingerprint density at radius 3 is 0.610 bits per heavy atom. The molecule has 0 atom stereocenters. The average Bonchev–Trinajstić information content (AvgIpc) is 3.05. The van der Waals surface area contributed by atoms with Crippen molar-refractivity contribution < 1.29 is 13.3 Å². The van der Waals surface area contributed by atoms with Crippen molar-refractivity contribution in [2.45, 2.75) is 0 Å².